The third-order valence-electron chi connectivity index (χ3n) is 3.41. The first-order valence-electron chi connectivity index (χ1n) is 8.04. The molecule has 0 spiro atoms. The molecule has 7 nitrogen and oxygen atoms in total. The predicted molar refractivity (Wildman–Crippen MR) is 105 cm³/mol. The molecule has 2 N–H and O–H groups in total. The number of nitrogens with one attached hydrogen (secondary N) is 2. The zero-order valence-corrected chi connectivity index (χ0v) is 16.6. The lowest BCUT2D eigenvalue weighted by Crippen LogP contribution is -2.16. The molecule has 1 heterocycles. The van der Waals surface area contributed by atoms with Gasteiger partial charge in [0.15, 0.2) is 0 Å². The summed E-state index contributed by atoms with van der Waals surface area (Å²) in [6.45, 7) is 3.53. The summed E-state index contributed by atoms with van der Waals surface area (Å²) < 4.78 is 27.3. The molecule has 0 unspecified atom stereocenters. The molecule has 2 aromatic rings. The van der Waals surface area contributed by atoms with Gasteiger partial charge in [-0.1, -0.05) is 0 Å². The number of thioether (sulfide) groups is 1. The summed E-state index contributed by atoms with van der Waals surface area (Å²) in [7, 11) is -3.80. The van der Waals surface area contributed by atoms with Gasteiger partial charge in [0.25, 0.3) is 10.0 Å². The molecule has 1 aromatic carbocycles. The maximum atomic E-state index is 12.5. The van der Waals surface area contributed by atoms with Crippen molar-refractivity contribution < 1.29 is 13.2 Å². The molecule has 0 fully saturated rings. The lowest BCUT2D eigenvalue weighted by atomic mass is 10.3. The van der Waals surface area contributed by atoms with Gasteiger partial charge in [0.05, 0.1) is 4.90 Å². The Morgan fingerprint density at radius 1 is 1.12 bits per heavy atom. The van der Waals surface area contributed by atoms with Crippen LogP contribution in [0.15, 0.2) is 35.2 Å². The van der Waals surface area contributed by atoms with Crippen molar-refractivity contribution in [2.24, 2.45) is 0 Å². The molecule has 0 bridgehead atoms. The normalized spacial score (nSPS) is 11.2. The van der Waals surface area contributed by atoms with E-state index in [0.717, 1.165) is 12.2 Å². The third-order valence-corrected chi connectivity index (χ3v) is 5.45. The van der Waals surface area contributed by atoms with Crippen molar-refractivity contribution in [3.8, 4) is 0 Å². The van der Waals surface area contributed by atoms with Crippen molar-refractivity contribution in [2.45, 2.75) is 31.6 Å². The number of hydrogen-bond donors (Lipinski definition) is 2. The fraction of sp³-hybridized carbons (Fsp3) is 0.353. The van der Waals surface area contributed by atoms with Gasteiger partial charge in [-0.2, -0.15) is 11.8 Å². The molecule has 0 aliphatic heterocycles. The second-order valence-electron chi connectivity index (χ2n) is 5.75. The number of rotatable bonds is 8. The van der Waals surface area contributed by atoms with Gasteiger partial charge in [-0.05, 0) is 62.6 Å². The monoisotopic (exact) mass is 394 g/mol. The van der Waals surface area contributed by atoms with Gasteiger partial charge >= 0.3 is 0 Å². The van der Waals surface area contributed by atoms with Gasteiger partial charge in [0.1, 0.15) is 0 Å². The second kappa shape index (κ2) is 9.00. The number of hydrogen-bond acceptors (Lipinski definition) is 6. The predicted octanol–water partition coefficient (Wildman–Crippen LogP) is 2.98. The maximum absolute atomic E-state index is 12.5. The van der Waals surface area contributed by atoms with Crippen LogP contribution in [-0.2, 0) is 14.8 Å². The topological polar surface area (TPSA) is 101 Å². The van der Waals surface area contributed by atoms with E-state index >= 15 is 0 Å². The average molecular weight is 395 g/mol. The highest BCUT2D eigenvalue weighted by atomic mass is 32.2. The van der Waals surface area contributed by atoms with Crippen molar-refractivity contribution in [3.05, 3.63) is 41.7 Å². The van der Waals surface area contributed by atoms with Crippen LogP contribution in [0.3, 0.4) is 0 Å². The Morgan fingerprint density at radius 3 is 2.31 bits per heavy atom. The molecule has 26 heavy (non-hydrogen) atoms. The Hall–Kier alpha value is -2.13. The number of carbonyl (C=O) groups excluding carboxylic acids is 1. The molecule has 0 saturated heterocycles. The van der Waals surface area contributed by atoms with Crippen molar-refractivity contribution in [3.63, 3.8) is 0 Å². The van der Waals surface area contributed by atoms with Crippen molar-refractivity contribution >= 4 is 39.3 Å². The fourth-order valence-electron chi connectivity index (χ4n) is 2.27. The number of carbonyl (C=O) groups is 1. The van der Waals surface area contributed by atoms with E-state index in [2.05, 4.69) is 20.0 Å². The van der Waals surface area contributed by atoms with Crippen LogP contribution in [0.1, 0.15) is 24.2 Å². The Kier molecular flexibility index (Phi) is 6.98. The maximum Gasteiger partial charge on any atom is 0.264 e. The summed E-state index contributed by atoms with van der Waals surface area (Å²) in [6, 6.07) is 7.74. The highest BCUT2D eigenvalue weighted by molar-refractivity contribution is 7.98. The number of nitrogens with zero attached hydrogens (tertiary/aromatic N) is 2. The Morgan fingerprint density at radius 2 is 1.73 bits per heavy atom. The first-order chi connectivity index (χ1) is 12.3. The summed E-state index contributed by atoms with van der Waals surface area (Å²) in [5.41, 5.74) is 1.91. The highest BCUT2D eigenvalue weighted by Gasteiger charge is 2.16. The van der Waals surface area contributed by atoms with Crippen LogP contribution in [0, 0.1) is 13.8 Å². The summed E-state index contributed by atoms with van der Waals surface area (Å²) in [5, 5.41) is 2.76. The number of benzene rings is 1. The molecule has 0 atom stereocenters. The van der Waals surface area contributed by atoms with E-state index in [-0.39, 0.29) is 16.8 Å². The number of amides is 1. The van der Waals surface area contributed by atoms with Crippen molar-refractivity contribution in [1.29, 1.82) is 0 Å². The molecular weight excluding hydrogens is 372 g/mol. The quantitative estimate of drug-likeness (QED) is 0.668. The number of aryl methyl sites for hydroxylation is 2. The zero-order valence-electron chi connectivity index (χ0n) is 14.9. The minimum absolute atomic E-state index is 0.0358. The number of aromatic nitrogens is 2. The lowest BCUT2D eigenvalue weighted by Gasteiger charge is -2.09. The molecule has 0 saturated carbocycles. The van der Waals surface area contributed by atoms with Crippen LogP contribution in [-0.4, -0.2) is 36.3 Å². The molecule has 1 amide bonds. The van der Waals surface area contributed by atoms with E-state index < -0.39 is 10.0 Å². The SMILES string of the molecule is CSCCCC(=O)Nc1ccc(S(=O)(=O)Nc2nc(C)cc(C)n2)cc1. The largest absolute Gasteiger partial charge is 0.326 e. The zero-order chi connectivity index (χ0) is 19.2. The number of sulfonamides is 1. The van der Waals surface area contributed by atoms with Crippen LogP contribution in [0.2, 0.25) is 0 Å². The van der Waals surface area contributed by atoms with Crippen LogP contribution in [0.25, 0.3) is 0 Å². The van der Waals surface area contributed by atoms with Crippen LogP contribution >= 0.6 is 11.8 Å². The van der Waals surface area contributed by atoms with Gasteiger partial charge in [-0.3, -0.25) is 4.79 Å². The minimum Gasteiger partial charge on any atom is -0.326 e. The van der Waals surface area contributed by atoms with Gasteiger partial charge in [-0.15, -0.1) is 0 Å². The minimum atomic E-state index is -3.80. The Labute approximate surface area is 158 Å². The standard InChI is InChI=1S/C17H22N4O3S2/c1-12-11-13(2)19-17(18-12)21-26(23,24)15-8-6-14(7-9-15)20-16(22)5-4-10-25-3/h6-9,11H,4-5,10H2,1-3H3,(H,20,22)(H,18,19,21). The van der Waals surface area contributed by atoms with E-state index in [1.165, 1.54) is 12.1 Å². The van der Waals surface area contributed by atoms with Crippen LogP contribution < -0.4 is 10.0 Å². The summed E-state index contributed by atoms with van der Waals surface area (Å²) in [4.78, 5) is 20.0. The highest BCUT2D eigenvalue weighted by Crippen LogP contribution is 2.17. The summed E-state index contributed by atoms with van der Waals surface area (Å²) >= 11 is 1.69. The van der Waals surface area contributed by atoms with Gasteiger partial charge in [-0.25, -0.2) is 23.1 Å². The summed E-state index contributed by atoms with van der Waals surface area (Å²) in [6.07, 6.45) is 3.24. The lowest BCUT2D eigenvalue weighted by molar-refractivity contribution is -0.116. The molecule has 9 heteroatoms. The van der Waals surface area contributed by atoms with E-state index in [1.54, 1.807) is 43.8 Å². The van der Waals surface area contributed by atoms with E-state index in [9.17, 15) is 13.2 Å². The first kappa shape index (κ1) is 20.2. The Balaban J connectivity index is 2.05. The third kappa shape index (κ3) is 5.99. The van der Waals surface area contributed by atoms with E-state index in [0.29, 0.717) is 23.5 Å². The molecule has 0 aliphatic rings. The van der Waals surface area contributed by atoms with Crippen molar-refractivity contribution in [1.82, 2.24) is 9.97 Å². The van der Waals surface area contributed by atoms with Gasteiger partial charge in [0, 0.05) is 23.5 Å². The first-order valence-corrected chi connectivity index (χ1v) is 10.9. The van der Waals surface area contributed by atoms with Crippen LogP contribution in [0.4, 0.5) is 11.6 Å². The van der Waals surface area contributed by atoms with E-state index in [1.807, 2.05) is 6.26 Å². The molecule has 2 rings (SSSR count). The smallest absolute Gasteiger partial charge is 0.264 e. The van der Waals surface area contributed by atoms with E-state index in [4.69, 9.17) is 0 Å². The molecule has 0 radical (unpaired) electrons. The van der Waals surface area contributed by atoms with Crippen molar-refractivity contribution in [2.75, 3.05) is 22.0 Å². The second-order valence-corrected chi connectivity index (χ2v) is 8.42. The average Bonchev–Trinajstić information content (AvgIpc) is 2.54. The fourth-order valence-corrected chi connectivity index (χ4v) is 3.65. The summed E-state index contributed by atoms with van der Waals surface area (Å²) in [5.74, 6) is 0.877. The van der Waals surface area contributed by atoms with Gasteiger partial charge in [0.2, 0.25) is 11.9 Å². The molecular formula is C17H22N4O3S2. The van der Waals surface area contributed by atoms with Gasteiger partial charge < -0.3 is 5.32 Å². The molecule has 140 valence electrons. The van der Waals surface area contributed by atoms with Crippen LogP contribution in [0.5, 0.6) is 0 Å². The number of anilines is 2. The Bertz CT molecular complexity index is 848. The molecule has 1 aromatic heterocycles. The molecule has 0 aliphatic carbocycles.